The van der Waals surface area contributed by atoms with Crippen molar-refractivity contribution >= 4 is 22.4 Å². The molecule has 0 unspecified atom stereocenters. The van der Waals surface area contributed by atoms with Crippen molar-refractivity contribution in [1.29, 1.82) is 0 Å². The number of carbonyl (C=O) groups excluding carboxylic acids is 1. The van der Waals surface area contributed by atoms with Crippen LogP contribution in [0.3, 0.4) is 0 Å². The fourth-order valence-electron chi connectivity index (χ4n) is 1.57. The van der Waals surface area contributed by atoms with Crippen molar-refractivity contribution in [2.75, 3.05) is 5.32 Å². The molecule has 0 fully saturated rings. The van der Waals surface area contributed by atoms with Crippen LogP contribution in [-0.4, -0.2) is 10.9 Å². The summed E-state index contributed by atoms with van der Waals surface area (Å²) in [5, 5.41) is 3.46. The van der Waals surface area contributed by atoms with E-state index in [9.17, 15) is 4.79 Å². The summed E-state index contributed by atoms with van der Waals surface area (Å²) in [7, 11) is 0. The lowest BCUT2D eigenvalue weighted by molar-refractivity contribution is 0.102. The molecule has 4 heteroatoms. The van der Waals surface area contributed by atoms with Gasteiger partial charge in [0, 0.05) is 16.6 Å². The van der Waals surface area contributed by atoms with E-state index in [1.54, 1.807) is 6.20 Å². The van der Waals surface area contributed by atoms with Gasteiger partial charge in [-0.15, -0.1) is 11.3 Å². The summed E-state index contributed by atoms with van der Waals surface area (Å²) >= 11 is 1.48. The molecular formula is C13H14N2OS. The van der Waals surface area contributed by atoms with Crippen LogP contribution in [0.1, 0.15) is 26.4 Å². The molecule has 1 aromatic carbocycles. The van der Waals surface area contributed by atoms with Crippen LogP contribution in [0.5, 0.6) is 0 Å². The Morgan fingerprint density at radius 3 is 2.71 bits per heavy atom. The van der Waals surface area contributed by atoms with Gasteiger partial charge in [0.15, 0.2) is 5.13 Å². The molecule has 1 aromatic heterocycles. The van der Waals surface area contributed by atoms with Crippen LogP contribution in [0.2, 0.25) is 0 Å². The molecule has 3 nitrogen and oxygen atoms in total. The average Bonchev–Trinajstić information content (AvgIpc) is 2.68. The Bertz CT molecular complexity index is 560. The molecule has 1 amide bonds. The van der Waals surface area contributed by atoms with Crippen LogP contribution in [0.15, 0.2) is 24.4 Å². The third kappa shape index (κ3) is 2.53. The highest BCUT2D eigenvalue weighted by atomic mass is 32.1. The molecule has 0 aliphatic carbocycles. The number of hydrogen-bond acceptors (Lipinski definition) is 3. The van der Waals surface area contributed by atoms with Gasteiger partial charge in [-0.2, -0.15) is 0 Å². The van der Waals surface area contributed by atoms with Crippen molar-refractivity contribution in [1.82, 2.24) is 4.98 Å². The second kappa shape index (κ2) is 4.67. The number of hydrogen-bond donors (Lipinski definition) is 1. The van der Waals surface area contributed by atoms with Crippen LogP contribution < -0.4 is 5.32 Å². The third-order valence-electron chi connectivity index (χ3n) is 2.69. The normalized spacial score (nSPS) is 10.3. The first-order valence-electron chi connectivity index (χ1n) is 5.38. The Balaban J connectivity index is 2.23. The Morgan fingerprint density at radius 1 is 1.29 bits per heavy atom. The lowest BCUT2D eigenvalue weighted by Gasteiger charge is -2.07. The summed E-state index contributed by atoms with van der Waals surface area (Å²) < 4.78 is 0. The molecule has 1 heterocycles. The number of rotatable bonds is 2. The zero-order chi connectivity index (χ0) is 12.4. The van der Waals surface area contributed by atoms with Gasteiger partial charge in [0.2, 0.25) is 0 Å². The van der Waals surface area contributed by atoms with Gasteiger partial charge in [-0.1, -0.05) is 12.1 Å². The number of carbonyl (C=O) groups is 1. The molecule has 0 saturated heterocycles. The van der Waals surface area contributed by atoms with Gasteiger partial charge in [-0.3, -0.25) is 10.1 Å². The zero-order valence-electron chi connectivity index (χ0n) is 10.1. The molecule has 0 saturated carbocycles. The smallest absolute Gasteiger partial charge is 0.257 e. The van der Waals surface area contributed by atoms with Crippen molar-refractivity contribution in [3.63, 3.8) is 0 Å². The van der Waals surface area contributed by atoms with Crippen LogP contribution in [-0.2, 0) is 0 Å². The number of aromatic nitrogens is 1. The van der Waals surface area contributed by atoms with Gasteiger partial charge in [0.05, 0.1) is 0 Å². The van der Waals surface area contributed by atoms with Gasteiger partial charge >= 0.3 is 0 Å². The Labute approximate surface area is 105 Å². The minimum absolute atomic E-state index is 0.0967. The van der Waals surface area contributed by atoms with Crippen LogP contribution in [0.25, 0.3) is 0 Å². The Morgan fingerprint density at radius 2 is 2.06 bits per heavy atom. The van der Waals surface area contributed by atoms with E-state index in [1.165, 1.54) is 11.3 Å². The summed E-state index contributed by atoms with van der Waals surface area (Å²) in [5.74, 6) is -0.0967. The molecule has 17 heavy (non-hydrogen) atoms. The van der Waals surface area contributed by atoms with Gasteiger partial charge in [0.1, 0.15) is 0 Å². The van der Waals surface area contributed by atoms with E-state index in [4.69, 9.17) is 0 Å². The highest BCUT2D eigenvalue weighted by Crippen LogP contribution is 2.19. The molecule has 88 valence electrons. The maximum Gasteiger partial charge on any atom is 0.257 e. The van der Waals surface area contributed by atoms with E-state index in [0.29, 0.717) is 10.7 Å². The van der Waals surface area contributed by atoms with Gasteiger partial charge < -0.3 is 0 Å². The standard InChI is InChI=1S/C13H14N2OS/c1-8-5-4-6-11(10(8)3)12(16)15-13-14-7-9(2)17-13/h4-7H,1-3H3,(H,14,15,16). The third-order valence-corrected chi connectivity index (χ3v) is 3.52. The fourth-order valence-corrected chi connectivity index (χ4v) is 2.23. The van der Waals surface area contributed by atoms with E-state index in [0.717, 1.165) is 16.0 Å². The minimum atomic E-state index is -0.0967. The quantitative estimate of drug-likeness (QED) is 0.883. The van der Waals surface area contributed by atoms with Crippen LogP contribution in [0.4, 0.5) is 5.13 Å². The fraction of sp³-hybridized carbons (Fsp3) is 0.231. The van der Waals surface area contributed by atoms with Crippen molar-refractivity contribution in [3.8, 4) is 0 Å². The van der Waals surface area contributed by atoms with Crippen molar-refractivity contribution < 1.29 is 4.79 Å². The summed E-state index contributed by atoms with van der Waals surface area (Å²) in [6.45, 7) is 5.92. The molecule has 1 N–H and O–H groups in total. The first-order chi connectivity index (χ1) is 8.08. The summed E-state index contributed by atoms with van der Waals surface area (Å²) in [6, 6.07) is 5.72. The number of nitrogens with zero attached hydrogens (tertiary/aromatic N) is 1. The topological polar surface area (TPSA) is 42.0 Å². The van der Waals surface area contributed by atoms with Crippen LogP contribution in [0, 0.1) is 20.8 Å². The number of nitrogens with one attached hydrogen (secondary N) is 1. The van der Waals surface area contributed by atoms with E-state index >= 15 is 0 Å². The lowest BCUT2D eigenvalue weighted by Crippen LogP contribution is -2.13. The second-order valence-electron chi connectivity index (χ2n) is 3.98. The molecule has 0 atom stereocenters. The number of benzene rings is 1. The minimum Gasteiger partial charge on any atom is -0.298 e. The maximum absolute atomic E-state index is 12.1. The predicted molar refractivity (Wildman–Crippen MR) is 70.7 cm³/mol. The monoisotopic (exact) mass is 246 g/mol. The molecule has 2 rings (SSSR count). The first-order valence-corrected chi connectivity index (χ1v) is 6.19. The number of aryl methyl sites for hydroxylation is 2. The van der Waals surface area contributed by atoms with E-state index in [1.807, 2.05) is 39.0 Å². The van der Waals surface area contributed by atoms with E-state index in [2.05, 4.69) is 10.3 Å². The van der Waals surface area contributed by atoms with Crippen molar-refractivity contribution in [2.45, 2.75) is 20.8 Å². The zero-order valence-corrected chi connectivity index (χ0v) is 10.9. The number of amides is 1. The molecule has 0 aliphatic rings. The predicted octanol–water partition coefficient (Wildman–Crippen LogP) is 3.32. The summed E-state index contributed by atoms with van der Waals surface area (Å²) in [5.41, 5.74) is 2.84. The molecule has 0 aliphatic heterocycles. The molecule has 0 bridgehead atoms. The largest absolute Gasteiger partial charge is 0.298 e. The highest BCUT2D eigenvalue weighted by Gasteiger charge is 2.11. The lowest BCUT2D eigenvalue weighted by atomic mass is 10.0. The van der Waals surface area contributed by atoms with E-state index < -0.39 is 0 Å². The van der Waals surface area contributed by atoms with E-state index in [-0.39, 0.29) is 5.91 Å². The van der Waals surface area contributed by atoms with Crippen molar-refractivity contribution in [2.24, 2.45) is 0 Å². The first kappa shape index (κ1) is 11.8. The number of anilines is 1. The molecule has 0 spiro atoms. The SMILES string of the molecule is Cc1cnc(NC(=O)c2cccc(C)c2C)s1. The number of thiazole rings is 1. The maximum atomic E-state index is 12.1. The summed E-state index contributed by atoms with van der Waals surface area (Å²) in [4.78, 5) is 17.3. The Hall–Kier alpha value is -1.68. The van der Waals surface area contributed by atoms with Crippen molar-refractivity contribution in [3.05, 3.63) is 46.0 Å². The molecule has 2 aromatic rings. The Kier molecular flexibility index (Phi) is 3.24. The molecule has 0 radical (unpaired) electrons. The summed E-state index contributed by atoms with van der Waals surface area (Å²) in [6.07, 6.45) is 1.75. The van der Waals surface area contributed by atoms with Crippen LogP contribution >= 0.6 is 11.3 Å². The van der Waals surface area contributed by atoms with Gasteiger partial charge in [-0.25, -0.2) is 4.98 Å². The average molecular weight is 246 g/mol. The van der Waals surface area contributed by atoms with Gasteiger partial charge in [-0.05, 0) is 38.0 Å². The highest BCUT2D eigenvalue weighted by molar-refractivity contribution is 7.15. The molecular weight excluding hydrogens is 232 g/mol. The van der Waals surface area contributed by atoms with Gasteiger partial charge in [0.25, 0.3) is 5.91 Å². The second-order valence-corrected chi connectivity index (χ2v) is 5.21.